The van der Waals surface area contributed by atoms with Crippen molar-refractivity contribution in [2.75, 3.05) is 17.2 Å². The fraction of sp³-hybridized carbons (Fsp3) is 0.412. The van der Waals surface area contributed by atoms with Crippen LogP contribution in [-0.2, 0) is 0 Å². The van der Waals surface area contributed by atoms with Gasteiger partial charge in [0.2, 0.25) is 0 Å². The zero-order chi connectivity index (χ0) is 14.7. The van der Waals surface area contributed by atoms with E-state index < -0.39 is 0 Å². The molecule has 2 N–H and O–H groups in total. The van der Waals surface area contributed by atoms with Crippen molar-refractivity contribution in [3.63, 3.8) is 0 Å². The average Bonchev–Trinajstić information content (AvgIpc) is 2.47. The van der Waals surface area contributed by atoms with E-state index in [1.807, 2.05) is 36.4 Å². The molecule has 1 heterocycles. The van der Waals surface area contributed by atoms with Crippen LogP contribution in [0.25, 0.3) is 11.4 Å². The molecule has 110 valence electrons. The lowest BCUT2D eigenvalue weighted by atomic mass is 9.78. The van der Waals surface area contributed by atoms with Crippen LogP contribution >= 0.6 is 0 Å². The Balaban J connectivity index is 1.94. The lowest BCUT2D eigenvalue weighted by Gasteiger charge is -2.39. The number of rotatable bonds is 5. The standard InChI is InChI=1S/C17H22N4/c1-3-18-14-12-15(21-17(2)10-7-11-17)20-16(19-14)13-8-5-4-6-9-13/h4-6,8-9,12H,3,7,10-11H2,1-2H3,(H2,18,19,20,21). The highest BCUT2D eigenvalue weighted by Gasteiger charge is 2.32. The van der Waals surface area contributed by atoms with Crippen molar-refractivity contribution in [3.05, 3.63) is 36.4 Å². The van der Waals surface area contributed by atoms with E-state index >= 15 is 0 Å². The van der Waals surface area contributed by atoms with E-state index in [0.29, 0.717) is 0 Å². The van der Waals surface area contributed by atoms with E-state index in [1.165, 1.54) is 19.3 Å². The summed E-state index contributed by atoms with van der Waals surface area (Å²) in [6, 6.07) is 12.1. The Morgan fingerprint density at radius 3 is 2.43 bits per heavy atom. The number of nitrogens with zero attached hydrogens (tertiary/aromatic N) is 2. The normalized spacial score (nSPS) is 16.1. The smallest absolute Gasteiger partial charge is 0.163 e. The summed E-state index contributed by atoms with van der Waals surface area (Å²) in [5.41, 5.74) is 1.23. The number of anilines is 2. The Kier molecular flexibility index (Phi) is 3.78. The first-order chi connectivity index (χ1) is 10.2. The minimum Gasteiger partial charge on any atom is -0.370 e. The predicted octanol–water partition coefficient (Wildman–Crippen LogP) is 3.93. The molecule has 1 aromatic heterocycles. The van der Waals surface area contributed by atoms with Gasteiger partial charge in [0.15, 0.2) is 5.82 Å². The minimum atomic E-state index is 0.186. The topological polar surface area (TPSA) is 49.8 Å². The first kappa shape index (κ1) is 13.9. The van der Waals surface area contributed by atoms with Gasteiger partial charge in [-0.05, 0) is 33.1 Å². The van der Waals surface area contributed by atoms with Gasteiger partial charge in [0.05, 0.1) is 0 Å². The molecule has 0 spiro atoms. The van der Waals surface area contributed by atoms with Crippen LogP contribution in [0.2, 0.25) is 0 Å². The summed E-state index contributed by atoms with van der Waals surface area (Å²) < 4.78 is 0. The van der Waals surface area contributed by atoms with Crippen LogP contribution in [0.3, 0.4) is 0 Å². The Morgan fingerprint density at radius 2 is 1.81 bits per heavy atom. The van der Waals surface area contributed by atoms with E-state index in [0.717, 1.165) is 29.6 Å². The molecular weight excluding hydrogens is 260 g/mol. The van der Waals surface area contributed by atoms with Crippen LogP contribution in [0.4, 0.5) is 11.6 Å². The van der Waals surface area contributed by atoms with Gasteiger partial charge in [-0.15, -0.1) is 0 Å². The number of nitrogens with one attached hydrogen (secondary N) is 2. The zero-order valence-corrected chi connectivity index (χ0v) is 12.7. The molecule has 0 unspecified atom stereocenters. The molecule has 0 aliphatic heterocycles. The lowest BCUT2D eigenvalue weighted by Crippen LogP contribution is -2.41. The molecule has 0 amide bonds. The number of benzene rings is 1. The van der Waals surface area contributed by atoms with Crippen molar-refractivity contribution in [3.8, 4) is 11.4 Å². The van der Waals surface area contributed by atoms with E-state index in [2.05, 4.69) is 29.5 Å². The van der Waals surface area contributed by atoms with E-state index in [4.69, 9.17) is 4.98 Å². The van der Waals surface area contributed by atoms with Crippen LogP contribution in [0.5, 0.6) is 0 Å². The zero-order valence-electron chi connectivity index (χ0n) is 12.7. The molecule has 0 radical (unpaired) electrons. The number of hydrogen-bond acceptors (Lipinski definition) is 4. The first-order valence-electron chi connectivity index (χ1n) is 7.65. The van der Waals surface area contributed by atoms with E-state index in [-0.39, 0.29) is 5.54 Å². The third kappa shape index (κ3) is 3.15. The van der Waals surface area contributed by atoms with Crippen molar-refractivity contribution in [2.45, 2.75) is 38.6 Å². The second-order valence-corrected chi connectivity index (χ2v) is 5.90. The molecule has 1 fully saturated rings. The highest BCUT2D eigenvalue weighted by molar-refractivity contribution is 5.61. The fourth-order valence-corrected chi connectivity index (χ4v) is 2.64. The van der Waals surface area contributed by atoms with E-state index in [1.54, 1.807) is 0 Å². The van der Waals surface area contributed by atoms with Gasteiger partial charge in [-0.25, -0.2) is 9.97 Å². The summed E-state index contributed by atoms with van der Waals surface area (Å²) in [5.74, 6) is 2.54. The van der Waals surface area contributed by atoms with Gasteiger partial charge in [0, 0.05) is 23.7 Å². The lowest BCUT2D eigenvalue weighted by molar-refractivity contribution is 0.306. The molecule has 0 atom stereocenters. The third-order valence-corrected chi connectivity index (χ3v) is 4.00. The van der Waals surface area contributed by atoms with Gasteiger partial charge in [0.25, 0.3) is 0 Å². The Labute approximate surface area is 126 Å². The highest BCUT2D eigenvalue weighted by atomic mass is 15.1. The summed E-state index contributed by atoms with van der Waals surface area (Å²) in [5, 5.41) is 6.86. The van der Waals surface area contributed by atoms with Gasteiger partial charge in [0.1, 0.15) is 11.6 Å². The van der Waals surface area contributed by atoms with Gasteiger partial charge in [-0.3, -0.25) is 0 Å². The summed E-state index contributed by atoms with van der Waals surface area (Å²) in [6.07, 6.45) is 3.70. The van der Waals surface area contributed by atoms with Gasteiger partial charge in [-0.2, -0.15) is 0 Å². The van der Waals surface area contributed by atoms with Crippen molar-refractivity contribution in [2.24, 2.45) is 0 Å². The molecule has 1 saturated carbocycles. The van der Waals surface area contributed by atoms with Crippen LogP contribution in [-0.4, -0.2) is 22.1 Å². The monoisotopic (exact) mass is 282 g/mol. The quantitative estimate of drug-likeness (QED) is 0.872. The van der Waals surface area contributed by atoms with Crippen LogP contribution in [0.15, 0.2) is 36.4 Å². The Bertz CT molecular complexity index is 605. The van der Waals surface area contributed by atoms with Crippen LogP contribution in [0, 0.1) is 0 Å². The van der Waals surface area contributed by atoms with Crippen LogP contribution < -0.4 is 10.6 Å². The molecule has 1 aromatic carbocycles. The second-order valence-electron chi connectivity index (χ2n) is 5.90. The van der Waals surface area contributed by atoms with Crippen molar-refractivity contribution in [1.29, 1.82) is 0 Å². The molecule has 4 nitrogen and oxygen atoms in total. The molecule has 4 heteroatoms. The summed E-state index contributed by atoms with van der Waals surface area (Å²) in [4.78, 5) is 9.30. The molecular formula is C17H22N4. The predicted molar refractivity (Wildman–Crippen MR) is 87.5 cm³/mol. The first-order valence-corrected chi connectivity index (χ1v) is 7.65. The SMILES string of the molecule is CCNc1cc(NC2(C)CCC2)nc(-c2ccccc2)n1. The molecule has 1 aliphatic rings. The summed E-state index contributed by atoms with van der Waals surface area (Å²) in [6.45, 7) is 5.18. The minimum absolute atomic E-state index is 0.186. The number of hydrogen-bond donors (Lipinski definition) is 2. The van der Waals surface area contributed by atoms with Gasteiger partial charge in [-0.1, -0.05) is 30.3 Å². The second kappa shape index (κ2) is 5.72. The summed E-state index contributed by atoms with van der Waals surface area (Å²) in [7, 11) is 0. The average molecular weight is 282 g/mol. The molecule has 0 saturated heterocycles. The fourth-order valence-electron chi connectivity index (χ4n) is 2.64. The highest BCUT2D eigenvalue weighted by Crippen LogP contribution is 2.34. The third-order valence-electron chi connectivity index (χ3n) is 4.00. The molecule has 2 aromatic rings. The van der Waals surface area contributed by atoms with Gasteiger partial charge < -0.3 is 10.6 Å². The molecule has 0 bridgehead atoms. The maximum Gasteiger partial charge on any atom is 0.163 e. The Morgan fingerprint density at radius 1 is 1.10 bits per heavy atom. The number of aromatic nitrogens is 2. The van der Waals surface area contributed by atoms with Crippen molar-refractivity contribution >= 4 is 11.6 Å². The van der Waals surface area contributed by atoms with Crippen molar-refractivity contribution < 1.29 is 0 Å². The molecule has 3 rings (SSSR count). The maximum atomic E-state index is 4.69. The Hall–Kier alpha value is -2.10. The van der Waals surface area contributed by atoms with Gasteiger partial charge >= 0.3 is 0 Å². The largest absolute Gasteiger partial charge is 0.370 e. The van der Waals surface area contributed by atoms with Crippen molar-refractivity contribution in [1.82, 2.24) is 9.97 Å². The van der Waals surface area contributed by atoms with E-state index in [9.17, 15) is 0 Å². The molecule has 1 aliphatic carbocycles. The maximum absolute atomic E-state index is 4.69. The molecule has 21 heavy (non-hydrogen) atoms. The summed E-state index contributed by atoms with van der Waals surface area (Å²) >= 11 is 0. The van der Waals surface area contributed by atoms with Crippen LogP contribution in [0.1, 0.15) is 33.1 Å².